The van der Waals surface area contributed by atoms with Crippen molar-refractivity contribution in [2.75, 3.05) is 66.7 Å². The molecule has 1 aromatic rings. The van der Waals surface area contributed by atoms with E-state index in [9.17, 15) is 9.59 Å². The van der Waals surface area contributed by atoms with Gasteiger partial charge < -0.3 is 33.9 Å². The first kappa shape index (κ1) is 38.1. The van der Waals surface area contributed by atoms with Crippen LogP contribution in [0.4, 0.5) is 0 Å². The molecule has 46 heavy (non-hydrogen) atoms. The minimum absolute atomic E-state index is 0.379. The fourth-order valence-electron chi connectivity index (χ4n) is 6.24. The van der Waals surface area contributed by atoms with E-state index in [0.717, 1.165) is 13.1 Å². The predicted octanol–water partition coefficient (Wildman–Crippen LogP) is 5.47. The summed E-state index contributed by atoms with van der Waals surface area (Å²) in [5.74, 6) is -0.947. The molecule has 2 aliphatic rings. The number of morpholine rings is 1. The van der Waals surface area contributed by atoms with Gasteiger partial charge in [0.2, 0.25) is 0 Å². The summed E-state index contributed by atoms with van der Waals surface area (Å²) in [7, 11) is 3.64. The van der Waals surface area contributed by atoms with Gasteiger partial charge in [0.1, 0.15) is 23.1 Å². The monoisotopic (exact) mass is 683 g/mol. The van der Waals surface area contributed by atoms with Gasteiger partial charge in [-0.2, -0.15) is 0 Å². The van der Waals surface area contributed by atoms with Gasteiger partial charge >= 0.3 is 11.9 Å². The number of methoxy groups -OCH3 is 1. The van der Waals surface area contributed by atoms with Crippen LogP contribution in [0.1, 0.15) is 54.9 Å². The van der Waals surface area contributed by atoms with Crippen molar-refractivity contribution in [1.29, 1.82) is 0 Å². The van der Waals surface area contributed by atoms with Crippen LogP contribution in [0, 0.1) is 5.92 Å². The zero-order chi connectivity index (χ0) is 34.2. The summed E-state index contributed by atoms with van der Waals surface area (Å²) in [6.45, 7) is 18.3. The standard InChI is InChI=1S/C34H51Cl2N3O7/c1-22-29(31(40)44-26(19-38(8)12-15-42-9)20-39-13-16-43-17-14-39)23(2)37-24(3)30(22)32(41)46-34(6,7)21-33(4,5)45-25-10-11-27(35)28(36)18-25/h10-11,18,22,26,37H,12-17,19-21H2,1-9H3. The lowest BCUT2D eigenvalue weighted by molar-refractivity contribution is -0.156. The second kappa shape index (κ2) is 16.7. The molecule has 0 saturated carbocycles. The van der Waals surface area contributed by atoms with Gasteiger partial charge in [0, 0.05) is 69.6 Å². The molecule has 0 amide bonds. The van der Waals surface area contributed by atoms with Crippen LogP contribution in [0.3, 0.4) is 0 Å². The van der Waals surface area contributed by atoms with E-state index in [2.05, 4.69) is 15.1 Å². The number of carbonyl (C=O) groups is 2. The van der Waals surface area contributed by atoms with Crippen LogP contribution in [-0.2, 0) is 28.5 Å². The van der Waals surface area contributed by atoms with Crippen molar-refractivity contribution in [3.8, 4) is 5.75 Å². The fraction of sp³-hybridized carbons (Fsp3) is 0.647. The van der Waals surface area contributed by atoms with Crippen LogP contribution in [0.15, 0.2) is 40.7 Å². The summed E-state index contributed by atoms with van der Waals surface area (Å²) in [5, 5.41) is 4.06. The molecule has 258 valence electrons. The Morgan fingerprint density at radius 3 is 2.28 bits per heavy atom. The van der Waals surface area contributed by atoms with Crippen LogP contribution in [0.25, 0.3) is 0 Å². The molecule has 0 radical (unpaired) electrons. The first-order valence-corrected chi connectivity index (χ1v) is 16.5. The predicted molar refractivity (Wildman–Crippen MR) is 180 cm³/mol. The van der Waals surface area contributed by atoms with E-state index < -0.39 is 29.1 Å². The van der Waals surface area contributed by atoms with E-state index >= 15 is 0 Å². The SMILES string of the molecule is COCCN(C)CC(CN1CCOCC1)OC(=O)C1=C(C)NC(C)=C(C(=O)OC(C)(C)CC(C)(C)Oc2ccc(Cl)c(Cl)c2)C1C. The van der Waals surface area contributed by atoms with Gasteiger partial charge in [-0.25, -0.2) is 9.59 Å². The summed E-state index contributed by atoms with van der Waals surface area (Å²) in [4.78, 5) is 31.9. The second-order valence-corrected chi connectivity index (χ2v) is 14.2. The van der Waals surface area contributed by atoms with Crippen molar-refractivity contribution in [3.05, 3.63) is 50.8 Å². The van der Waals surface area contributed by atoms with Crippen molar-refractivity contribution in [1.82, 2.24) is 15.1 Å². The Labute approximate surface area is 284 Å². The molecule has 0 spiro atoms. The molecule has 2 atom stereocenters. The van der Waals surface area contributed by atoms with Crippen LogP contribution in [0.2, 0.25) is 10.0 Å². The van der Waals surface area contributed by atoms with Gasteiger partial charge in [0.15, 0.2) is 0 Å². The van der Waals surface area contributed by atoms with Crippen LogP contribution in [-0.4, -0.2) is 106 Å². The Morgan fingerprint density at radius 2 is 1.67 bits per heavy atom. The van der Waals surface area contributed by atoms with Gasteiger partial charge in [-0.1, -0.05) is 30.1 Å². The molecule has 0 aromatic heterocycles. The van der Waals surface area contributed by atoms with E-state index in [-0.39, 0.29) is 6.10 Å². The summed E-state index contributed by atoms with van der Waals surface area (Å²) < 4.78 is 29.2. The third kappa shape index (κ3) is 11.1. The number of nitrogens with zero attached hydrogens (tertiary/aromatic N) is 2. The lowest BCUT2D eigenvalue weighted by Gasteiger charge is -2.36. The zero-order valence-corrected chi connectivity index (χ0v) is 30.3. The number of ether oxygens (including phenoxy) is 5. The third-order valence-electron chi connectivity index (χ3n) is 8.03. The average molecular weight is 685 g/mol. The first-order chi connectivity index (χ1) is 21.5. The summed E-state index contributed by atoms with van der Waals surface area (Å²) in [6, 6.07) is 5.08. The quantitative estimate of drug-likeness (QED) is 0.240. The molecular weight excluding hydrogens is 633 g/mol. The molecule has 2 aliphatic heterocycles. The van der Waals surface area contributed by atoms with Crippen LogP contribution in [0.5, 0.6) is 5.75 Å². The third-order valence-corrected chi connectivity index (χ3v) is 8.77. The highest BCUT2D eigenvalue weighted by Crippen LogP contribution is 2.35. The van der Waals surface area contributed by atoms with Crippen molar-refractivity contribution in [3.63, 3.8) is 0 Å². The van der Waals surface area contributed by atoms with E-state index in [1.165, 1.54) is 0 Å². The van der Waals surface area contributed by atoms with Gasteiger partial charge in [-0.05, 0) is 60.7 Å². The lowest BCUT2D eigenvalue weighted by atomic mass is 9.86. The summed E-state index contributed by atoms with van der Waals surface area (Å²) >= 11 is 12.2. The Hall–Kier alpha value is -2.34. The Kier molecular flexibility index (Phi) is 13.8. The first-order valence-electron chi connectivity index (χ1n) is 15.8. The summed E-state index contributed by atoms with van der Waals surface area (Å²) in [6.07, 6.45) is -0.0111. The van der Waals surface area contributed by atoms with Gasteiger partial charge in [0.05, 0.1) is 41.0 Å². The zero-order valence-electron chi connectivity index (χ0n) is 28.8. The number of rotatable bonds is 15. The maximum Gasteiger partial charge on any atom is 0.336 e. The number of allylic oxidation sites excluding steroid dienone is 2. The minimum Gasteiger partial charge on any atom is -0.488 e. The van der Waals surface area contributed by atoms with Gasteiger partial charge in [0.25, 0.3) is 0 Å². The molecule has 0 bridgehead atoms. The Balaban J connectivity index is 1.71. The molecule has 10 nitrogen and oxygen atoms in total. The maximum absolute atomic E-state index is 13.8. The molecule has 2 unspecified atom stereocenters. The van der Waals surface area contributed by atoms with Crippen molar-refractivity contribution in [2.45, 2.75) is 72.2 Å². The topological polar surface area (TPSA) is 98.8 Å². The molecule has 1 aromatic carbocycles. The van der Waals surface area contributed by atoms with Crippen molar-refractivity contribution in [2.24, 2.45) is 5.92 Å². The number of carbonyl (C=O) groups excluding carboxylic acids is 2. The maximum atomic E-state index is 13.8. The highest BCUT2D eigenvalue weighted by atomic mass is 35.5. The molecule has 1 saturated heterocycles. The average Bonchev–Trinajstić information content (AvgIpc) is 2.92. The highest BCUT2D eigenvalue weighted by Gasteiger charge is 2.39. The Bertz CT molecular complexity index is 1290. The molecule has 0 aliphatic carbocycles. The number of benzene rings is 1. The van der Waals surface area contributed by atoms with Crippen molar-refractivity contribution < 1.29 is 33.3 Å². The van der Waals surface area contributed by atoms with Gasteiger partial charge in [-0.3, -0.25) is 4.90 Å². The molecule has 3 rings (SSSR count). The van der Waals surface area contributed by atoms with Gasteiger partial charge in [-0.15, -0.1) is 0 Å². The summed E-state index contributed by atoms with van der Waals surface area (Å²) in [5.41, 5.74) is 0.466. The van der Waals surface area contributed by atoms with Crippen LogP contribution >= 0.6 is 23.2 Å². The lowest BCUT2D eigenvalue weighted by Crippen LogP contribution is -2.46. The van der Waals surface area contributed by atoms with Crippen LogP contribution < -0.4 is 10.1 Å². The molecular formula is C34H51Cl2N3O7. The number of hydrogen-bond acceptors (Lipinski definition) is 10. The normalized spacial score (nSPS) is 18.8. The molecule has 12 heteroatoms. The van der Waals surface area contributed by atoms with E-state index in [1.807, 2.05) is 55.5 Å². The number of dihydropyridines is 1. The van der Waals surface area contributed by atoms with Crippen molar-refractivity contribution >= 4 is 35.1 Å². The fourth-order valence-corrected chi connectivity index (χ4v) is 6.53. The number of esters is 2. The number of nitrogens with one attached hydrogen (secondary N) is 1. The highest BCUT2D eigenvalue weighted by molar-refractivity contribution is 6.42. The largest absolute Gasteiger partial charge is 0.488 e. The Morgan fingerprint density at radius 1 is 1.04 bits per heavy atom. The van der Waals surface area contributed by atoms with E-state index in [4.69, 9.17) is 46.9 Å². The van der Waals surface area contributed by atoms with E-state index in [0.29, 0.717) is 84.2 Å². The minimum atomic E-state index is -0.906. The number of hydrogen-bond donors (Lipinski definition) is 1. The number of likely N-dealkylation sites (N-methyl/N-ethyl adjacent to an activating group) is 1. The number of halogens is 2. The smallest absolute Gasteiger partial charge is 0.336 e. The molecule has 1 fully saturated rings. The molecule has 2 heterocycles. The molecule has 1 N–H and O–H groups in total. The second-order valence-electron chi connectivity index (χ2n) is 13.4. The van der Waals surface area contributed by atoms with E-state index in [1.54, 1.807) is 25.3 Å².